The van der Waals surface area contributed by atoms with Crippen molar-refractivity contribution in [2.75, 3.05) is 4.72 Å². The first-order valence-electron chi connectivity index (χ1n) is 6.34. The SMILES string of the molecule is NCc1cn[nH]c1S(=O)(=O)Nc1nc2c(s1)CCCC2. The van der Waals surface area contributed by atoms with Crippen molar-refractivity contribution in [3.8, 4) is 0 Å². The number of rotatable bonds is 4. The second-order valence-corrected chi connectivity index (χ2v) is 7.33. The Morgan fingerprint density at radius 1 is 1.40 bits per heavy atom. The number of hydrogen-bond donors (Lipinski definition) is 3. The van der Waals surface area contributed by atoms with Crippen LogP contribution in [-0.4, -0.2) is 23.6 Å². The van der Waals surface area contributed by atoms with Crippen molar-refractivity contribution in [3.05, 3.63) is 22.3 Å². The summed E-state index contributed by atoms with van der Waals surface area (Å²) in [4.78, 5) is 5.54. The minimum atomic E-state index is -3.71. The van der Waals surface area contributed by atoms with Crippen LogP contribution in [0.3, 0.4) is 0 Å². The minimum Gasteiger partial charge on any atom is -0.326 e. The first-order valence-corrected chi connectivity index (χ1v) is 8.64. The van der Waals surface area contributed by atoms with E-state index in [2.05, 4.69) is 19.9 Å². The van der Waals surface area contributed by atoms with Crippen LogP contribution in [0.5, 0.6) is 0 Å². The molecule has 0 bridgehead atoms. The van der Waals surface area contributed by atoms with Gasteiger partial charge in [-0.25, -0.2) is 4.98 Å². The van der Waals surface area contributed by atoms with E-state index >= 15 is 0 Å². The number of nitrogens with two attached hydrogens (primary N) is 1. The van der Waals surface area contributed by atoms with Crippen molar-refractivity contribution in [2.45, 2.75) is 37.3 Å². The Kier molecular flexibility index (Phi) is 3.48. The van der Waals surface area contributed by atoms with Crippen LogP contribution in [0.25, 0.3) is 0 Å². The number of hydrogen-bond acceptors (Lipinski definition) is 6. The summed E-state index contributed by atoms with van der Waals surface area (Å²) in [5, 5.41) is 6.62. The van der Waals surface area contributed by atoms with Crippen LogP contribution in [-0.2, 0) is 29.4 Å². The first-order chi connectivity index (χ1) is 9.60. The fraction of sp³-hybridized carbons (Fsp3) is 0.455. The summed E-state index contributed by atoms with van der Waals surface area (Å²) in [6.45, 7) is 0.112. The van der Waals surface area contributed by atoms with E-state index in [1.165, 1.54) is 22.4 Å². The van der Waals surface area contributed by atoms with E-state index in [1.54, 1.807) is 0 Å². The van der Waals surface area contributed by atoms with Gasteiger partial charge < -0.3 is 5.73 Å². The van der Waals surface area contributed by atoms with Crippen LogP contribution in [0, 0.1) is 0 Å². The van der Waals surface area contributed by atoms with Gasteiger partial charge in [0.25, 0.3) is 10.0 Å². The highest BCUT2D eigenvalue weighted by Crippen LogP contribution is 2.30. The molecule has 2 aromatic rings. The number of aryl methyl sites for hydroxylation is 2. The van der Waals surface area contributed by atoms with E-state index in [4.69, 9.17) is 5.73 Å². The molecule has 0 saturated carbocycles. The molecule has 3 rings (SSSR count). The lowest BCUT2D eigenvalue weighted by Crippen LogP contribution is -2.16. The van der Waals surface area contributed by atoms with Crippen molar-refractivity contribution >= 4 is 26.5 Å². The highest BCUT2D eigenvalue weighted by atomic mass is 32.2. The molecule has 2 heterocycles. The van der Waals surface area contributed by atoms with Gasteiger partial charge >= 0.3 is 0 Å². The van der Waals surface area contributed by atoms with Crippen LogP contribution in [0.4, 0.5) is 5.13 Å². The summed E-state index contributed by atoms with van der Waals surface area (Å²) in [5.41, 5.74) is 6.97. The molecule has 1 aliphatic rings. The number of sulfonamides is 1. The van der Waals surface area contributed by atoms with Gasteiger partial charge in [-0.05, 0) is 25.7 Å². The van der Waals surface area contributed by atoms with Gasteiger partial charge in [0.05, 0.1) is 11.9 Å². The summed E-state index contributed by atoms with van der Waals surface area (Å²) in [6.07, 6.45) is 5.57. The summed E-state index contributed by atoms with van der Waals surface area (Å²) < 4.78 is 27.1. The number of fused-ring (bicyclic) bond motifs is 1. The van der Waals surface area contributed by atoms with Gasteiger partial charge in [-0.2, -0.15) is 13.5 Å². The van der Waals surface area contributed by atoms with Crippen molar-refractivity contribution in [2.24, 2.45) is 5.73 Å². The summed E-state index contributed by atoms with van der Waals surface area (Å²) in [7, 11) is -3.71. The molecule has 2 aromatic heterocycles. The number of aromatic amines is 1. The molecular formula is C11H15N5O2S2. The molecule has 108 valence electrons. The standard InChI is InChI=1S/C11H15N5O2S2/c12-5-7-6-13-15-10(7)20(17,18)16-11-14-8-3-1-2-4-9(8)19-11/h6H,1-5,12H2,(H,13,15)(H,14,16). The van der Waals surface area contributed by atoms with E-state index in [0.29, 0.717) is 10.7 Å². The molecule has 9 heteroatoms. The fourth-order valence-electron chi connectivity index (χ4n) is 2.24. The van der Waals surface area contributed by atoms with Gasteiger partial charge in [0.1, 0.15) is 0 Å². The number of anilines is 1. The summed E-state index contributed by atoms with van der Waals surface area (Å²) >= 11 is 1.41. The molecule has 0 unspecified atom stereocenters. The van der Waals surface area contributed by atoms with E-state index in [-0.39, 0.29) is 11.6 Å². The van der Waals surface area contributed by atoms with Gasteiger partial charge in [-0.1, -0.05) is 0 Å². The second-order valence-electron chi connectivity index (χ2n) is 4.63. The maximum absolute atomic E-state index is 12.3. The Labute approximate surface area is 120 Å². The molecule has 7 nitrogen and oxygen atoms in total. The second kappa shape index (κ2) is 5.15. The Morgan fingerprint density at radius 2 is 2.20 bits per heavy atom. The average molecular weight is 313 g/mol. The van der Waals surface area contributed by atoms with E-state index in [0.717, 1.165) is 31.4 Å². The molecule has 0 radical (unpaired) electrons. The highest BCUT2D eigenvalue weighted by Gasteiger charge is 2.23. The molecule has 0 aromatic carbocycles. The largest absolute Gasteiger partial charge is 0.326 e. The zero-order chi connectivity index (χ0) is 14.2. The Bertz CT molecular complexity index is 696. The molecule has 0 amide bonds. The lowest BCUT2D eigenvalue weighted by atomic mass is 10.0. The molecule has 0 saturated heterocycles. The number of H-pyrrole nitrogens is 1. The van der Waals surface area contributed by atoms with Gasteiger partial charge in [-0.3, -0.25) is 9.82 Å². The van der Waals surface area contributed by atoms with Crippen LogP contribution < -0.4 is 10.5 Å². The van der Waals surface area contributed by atoms with Crippen LogP contribution in [0.2, 0.25) is 0 Å². The van der Waals surface area contributed by atoms with E-state index in [1.807, 2.05) is 0 Å². The molecule has 0 fully saturated rings. The lowest BCUT2D eigenvalue weighted by molar-refractivity contribution is 0.595. The van der Waals surface area contributed by atoms with Gasteiger partial charge in [0.15, 0.2) is 10.2 Å². The maximum Gasteiger partial charge on any atom is 0.280 e. The smallest absolute Gasteiger partial charge is 0.280 e. The predicted octanol–water partition coefficient (Wildman–Crippen LogP) is 1.00. The summed E-state index contributed by atoms with van der Waals surface area (Å²) in [5.74, 6) is 0. The third-order valence-electron chi connectivity index (χ3n) is 3.23. The Hall–Kier alpha value is -1.45. The molecular weight excluding hydrogens is 298 g/mol. The zero-order valence-electron chi connectivity index (χ0n) is 10.7. The average Bonchev–Trinajstić information content (AvgIpc) is 3.03. The molecule has 0 atom stereocenters. The minimum absolute atomic E-state index is 0.00757. The number of nitrogens with zero attached hydrogens (tertiary/aromatic N) is 2. The molecule has 4 N–H and O–H groups in total. The highest BCUT2D eigenvalue weighted by molar-refractivity contribution is 7.92. The van der Waals surface area contributed by atoms with Crippen molar-refractivity contribution in [1.29, 1.82) is 0 Å². The zero-order valence-corrected chi connectivity index (χ0v) is 12.4. The van der Waals surface area contributed by atoms with Crippen LogP contribution in [0.15, 0.2) is 11.2 Å². The Balaban J connectivity index is 1.88. The quantitative estimate of drug-likeness (QED) is 0.779. The van der Waals surface area contributed by atoms with Crippen molar-refractivity contribution in [3.63, 3.8) is 0 Å². The third-order valence-corrected chi connectivity index (χ3v) is 5.79. The fourth-order valence-corrected chi connectivity index (χ4v) is 4.67. The maximum atomic E-state index is 12.3. The number of aromatic nitrogens is 3. The molecule has 0 spiro atoms. The Morgan fingerprint density at radius 3 is 2.95 bits per heavy atom. The van der Waals surface area contributed by atoms with E-state index in [9.17, 15) is 8.42 Å². The predicted molar refractivity (Wildman–Crippen MR) is 76.0 cm³/mol. The van der Waals surface area contributed by atoms with Gasteiger partial charge in [0.2, 0.25) is 0 Å². The first kappa shape index (κ1) is 13.5. The van der Waals surface area contributed by atoms with Crippen molar-refractivity contribution in [1.82, 2.24) is 15.2 Å². The van der Waals surface area contributed by atoms with Crippen LogP contribution in [0.1, 0.15) is 29.0 Å². The topological polar surface area (TPSA) is 114 Å². The monoisotopic (exact) mass is 313 g/mol. The number of thiazole rings is 1. The van der Waals surface area contributed by atoms with E-state index < -0.39 is 10.0 Å². The third kappa shape index (κ3) is 2.43. The normalized spacial score (nSPS) is 15.1. The van der Waals surface area contributed by atoms with Gasteiger partial charge in [0, 0.05) is 17.0 Å². The molecule has 1 aliphatic carbocycles. The number of nitrogens with one attached hydrogen (secondary N) is 2. The summed E-state index contributed by atoms with van der Waals surface area (Å²) in [6, 6.07) is 0. The molecule has 0 aliphatic heterocycles. The molecule has 20 heavy (non-hydrogen) atoms. The van der Waals surface area contributed by atoms with Crippen molar-refractivity contribution < 1.29 is 8.42 Å². The van der Waals surface area contributed by atoms with Crippen LogP contribution >= 0.6 is 11.3 Å². The lowest BCUT2D eigenvalue weighted by Gasteiger charge is -2.06. The van der Waals surface area contributed by atoms with Gasteiger partial charge in [-0.15, -0.1) is 11.3 Å².